The Hall–Kier alpha value is -1.59. The van der Waals surface area contributed by atoms with E-state index in [4.69, 9.17) is 4.74 Å². The zero-order chi connectivity index (χ0) is 17.1. The molecule has 0 radical (unpaired) electrons. The lowest BCUT2D eigenvalue weighted by Gasteiger charge is -2.41. The van der Waals surface area contributed by atoms with E-state index in [2.05, 4.69) is 5.32 Å². The molecule has 1 aliphatic heterocycles. The molecule has 2 atom stereocenters. The summed E-state index contributed by atoms with van der Waals surface area (Å²) in [5, 5.41) is 13.5. The van der Waals surface area contributed by atoms with Gasteiger partial charge >= 0.3 is 6.03 Å². The van der Waals surface area contributed by atoms with Crippen molar-refractivity contribution in [3.05, 3.63) is 35.9 Å². The molecule has 1 heterocycles. The molecule has 0 spiro atoms. The van der Waals surface area contributed by atoms with Crippen LogP contribution in [-0.2, 0) is 10.3 Å². The number of amides is 2. The predicted octanol–water partition coefficient (Wildman–Crippen LogP) is 2.49. The second kappa shape index (κ2) is 6.89. The number of urea groups is 1. The van der Waals surface area contributed by atoms with Gasteiger partial charge in [-0.2, -0.15) is 0 Å². The highest BCUT2D eigenvalue weighted by atomic mass is 16.5. The zero-order valence-electron chi connectivity index (χ0n) is 14.5. The van der Waals surface area contributed by atoms with Gasteiger partial charge in [0.05, 0.1) is 23.9 Å². The molecule has 0 saturated carbocycles. The molecule has 2 unspecified atom stereocenters. The summed E-state index contributed by atoms with van der Waals surface area (Å²) in [6.45, 7) is 9.30. The molecule has 0 bridgehead atoms. The van der Waals surface area contributed by atoms with E-state index >= 15 is 0 Å². The van der Waals surface area contributed by atoms with E-state index in [1.165, 1.54) is 0 Å². The van der Waals surface area contributed by atoms with Crippen molar-refractivity contribution in [2.75, 3.05) is 19.6 Å². The molecule has 1 aromatic carbocycles. The number of carbonyl (C=O) groups is 1. The number of aliphatic hydroxyl groups is 1. The van der Waals surface area contributed by atoms with Gasteiger partial charge in [-0.05, 0) is 39.7 Å². The number of ether oxygens (including phenoxy) is 1. The van der Waals surface area contributed by atoms with Crippen LogP contribution in [0.4, 0.5) is 4.79 Å². The topological polar surface area (TPSA) is 61.8 Å². The lowest BCUT2D eigenvalue weighted by atomic mass is 9.93. The van der Waals surface area contributed by atoms with Crippen LogP contribution >= 0.6 is 0 Å². The van der Waals surface area contributed by atoms with E-state index in [-0.39, 0.29) is 17.7 Å². The molecule has 23 heavy (non-hydrogen) atoms. The number of benzene rings is 1. The molecule has 128 valence electrons. The van der Waals surface area contributed by atoms with Crippen molar-refractivity contribution in [1.82, 2.24) is 10.2 Å². The van der Waals surface area contributed by atoms with Crippen LogP contribution in [0.1, 0.15) is 39.7 Å². The number of hydrogen-bond donors (Lipinski definition) is 2. The number of morpholine rings is 1. The summed E-state index contributed by atoms with van der Waals surface area (Å²) in [5.41, 5.74) is -0.424. The Morgan fingerprint density at radius 3 is 2.70 bits per heavy atom. The monoisotopic (exact) mass is 320 g/mol. The van der Waals surface area contributed by atoms with Crippen molar-refractivity contribution in [2.24, 2.45) is 0 Å². The number of nitrogens with zero attached hydrogens (tertiary/aromatic N) is 1. The highest BCUT2D eigenvalue weighted by molar-refractivity contribution is 5.74. The molecule has 1 aromatic rings. The van der Waals surface area contributed by atoms with E-state index < -0.39 is 5.60 Å². The molecule has 0 aromatic heterocycles. The molecule has 1 saturated heterocycles. The Balaban J connectivity index is 1.85. The third-order valence-corrected chi connectivity index (χ3v) is 4.14. The first-order chi connectivity index (χ1) is 10.7. The van der Waals surface area contributed by atoms with Crippen LogP contribution in [0.3, 0.4) is 0 Å². The van der Waals surface area contributed by atoms with Gasteiger partial charge in [0.2, 0.25) is 0 Å². The number of rotatable bonds is 4. The van der Waals surface area contributed by atoms with Crippen molar-refractivity contribution < 1.29 is 14.6 Å². The quantitative estimate of drug-likeness (QED) is 0.896. The van der Waals surface area contributed by atoms with E-state index in [0.29, 0.717) is 26.1 Å². The van der Waals surface area contributed by atoms with Crippen LogP contribution in [-0.4, -0.2) is 47.4 Å². The first-order valence-corrected chi connectivity index (χ1v) is 8.18. The summed E-state index contributed by atoms with van der Waals surface area (Å²) in [4.78, 5) is 14.1. The lowest BCUT2D eigenvalue weighted by Crippen LogP contribution is -2.56. The summed E-state index contributed by atoms with van der Waals surface area (Å²) in [7, 11) is 0. The minimum atomic E-state index is -0.952. The summed E-state index contributed by atoms with van der Waals surface area (Å²) in [5.74, 6) is 0. The van der Waals surface area contributed by atoms with Crippen LogP contribution in [0.25, 0.3) is 0 Å². The smallest absolute Gasteiger partial charge is 0.317 e. The minimum Gasteiger partial charge on any atom is -0.385 e. The maximum Gasteiger partial charge on any atom is 0.317 e. The number of nitrogens with one attached hydrogen (secondary N) is 1. The Bertz CT molecular complexity index is 528. The normalized spacial score (nSPS) is 23.2. The molecule has 2 amide bonds. The van der Waals surface area contributed by atoms with Gasteiger partial charge in [0.15, 0.2) is 0 Å². The van der Waals surface area contributed by atoms with Gasteiger partial charge in [0, 0.05) is 13.1 Å². The lowest BCUT2D eigenvalue weighted by molar-refractivity contribution is -0.117. The van der Waals surface area contributed by atoms with Crippen molar-refractivity contribution in [2.45, 2.75) is 51.4 Å². The fourth-order valence-electron chi connectivity index (χ4n) is 3.07. The summed E-state index contributed by atoms with van der Waals surface area (Å²) in [6, 6.07) is 9.42. The number of carbonyl (C=O) groups excluding carboxylic acids is 1. The minimum absolute atomic E-state index is 0.0249. The third kappa shape index (κ3) is 4.94. The fourth-order valence-corrected chi connectivity index (χ4v) is 3.07. The molecule has 2 N–H and O–H groups in total. The zero-order valence-corrected chi connectivity index (χ0v) is 14.5. The van der Waals surface area contributed by atoms with Gasteiger partial charge < -0.3 is 20.1 Å². The van der Waals surface area contributed by atoms with Crippen molar-refractivity contribution in [3.63, 3.8) is 0 Å². The van der Waals surface area contributed by atoms with Crippen LogP contribution in [0.15, 0.2) is 30.3 Å². The summed E-state index contributed by atoms with van der Waals surface area (Å²) >= 11 is 0. The van der Waals surface area contributed by atoms with Gasteiger partial charge in [0.1, 0.15) is 0 Å². The van der Waals surface area contributed by atoms with Crippen LogP contribution < -0.4 is 5.32 Å². The molecule has 0 aliphatic carbocycles. The SMILES string of the molecule is CC1CN(C(=O)NCCC(C)(O)c2ccccc2)CC(C)(C)O1. The first-order valence-electron chi connectivity index (χ1n) is 8.18. The first kappa shape index (κ1) is 17.8. The second-order valence-electron chi connectivity index (χ2n) is 7.19. The standard InChI is InChI=1S/C18H28N2O3/c1-14-12-20(13-17(2,3)23-14)16(21)19-11-10-18(4,22)15-8-6-5-7-9-15/h5-9,14,22H,10-13H2,1-4H3,(H,19,21). The summed E-state index contributed by atoms with van der Waals surface area (Å²) < 4.78 is 5.81. The fraction of sp³-hybridized carbons (Fsp3) is 0.611. The molecule has 5 nitrogen and oxygen atoms in total. The Labute approximate surface area is 138 Å². The molecular formula is C18H28N2O3. The van der Waals surface area contributed by atoms with E-state index in [1.807, 2.05) is 51.1 Å². The summed E-state index contributed by atoms with van der Waals surface area (Å²) in [6.07, 6.45) is 0.489. The average Bonchev–Trinajstić information content (AvgIpc) is 2.45. The highest BCUT2D eigenvalue weighted by Crippen LogP contribution is 2.24. The van der Waals surface area contributed by atoms with E-state index in [0.717, 1.165) is 5.56 Å². The maximum absolute atomic E-state index is 12.3. The number of hydrogen-bond acceptors (Lipinski definition) is 3. The molecule has 1 aliphatic rings. The Morgan fingerprint density at radius 2 is 2.09 bits per heavy atom. The Kier molecular flexibility index (Phi) is 5.32. The highest BCUT2D eigenvalue weighted by Gasteiger charge is 2.33. The second-order valence-corrected chi connectivity index (χ2v) is 7.19. The average molecular weight is 320 g/mol. The molecule has 1 fully saturated rings. The van der Waals surface area contributed by atoms with Crippen molar-refractivity contribution >= 4 is 6.03 Å². The van der Waals surface area contributed by atoms with Crippen molar-refractivity contribution in [3.8, 4) is 0 Å². The third-order valence-electron chi connectivity index (χ3n) is 4.14. The Morgan fingerprint density at radius 1 is 1.43 bits per heavy atom. The van der Waals surface area contributed by atoms with E-state index in [9.17, 15) is 9.90 Å². The van der Waals surface area contributed by atoms with Gasteiger partial charge in [-0.3, -0.25) is 0 Å². The molecular weight excluding hydrogens is 292 g/mol. The van der Waals surface area contributed by atoms with Crippen LogP contribution in [0.5, 0.6) is 0 Å². The van der Waals surface area contributed by atoms with Gasteiger partial charge in [-0.1, -0.05) is 30.3 Å². The van der Waals surface area contributed by atoms with Gasteiger partial charge in [-0.25, -0.2) is 4.79 Å². The molecule has 2 rings (SSSR count). The van der Waals surface area contributed by atoms with Crippen LogP contribution in [0.2, 0.25) is 0 Å². The largest absolute Gasteiger partial charge is 0.385 e. The predicted molar refractivity (Wildman–Crippen MR) is 90.2 cm³/mol. The van der Waals surface area contributed by atoms with Gasteiger partial charge in [-0.15, -0.1) is 0 Å². The van der Waals surface area contributed by atoms with Gasteiger partial charge in [0.25, 0.3) is 0 Å². The van der Waals surface area contributed by atoms with Crippen molar-refractivity contribution in [1.29, 1.82) is 0 Å². The maximum atomic E-state index is 12.3. The molecule has 5 heteroatoms. The van der Waals surface area contributed by atoms with Crippen LogP contribution in [0, 0.1) is 0 Å². The van der Waals surface area contributed by atoms with E-state index in [1.54, 1.807) is 11.8 Å².